The molecule has 1 unspecified atom stereocenters. The number of ether oxygens (including phenoxy) is 1. The van der Waals surface area contributed by atoms with Crippen LogP contribution in [-0.4, -0.2) is 41.9 Å². The van der Waals surface area contributed by atoms with E-state index in [1.165, 1.54) is 24.3 Å². The van der Waals surface area contributed by atoms with Gasteiger partial charge in [-0.3, -0.25) is 0 Å². The van der Waals surface area contributed by atoms with Crippen LogP contribution in [0.3, 0.4) is 0 Å². The molecule has 0 heterocycles. The molecule has 0 fully saturated rings. The number of benzene rings is 5. The molecule has 302 valence electrons. The van der Waals surface area contributed by atoms with Gasteiger partial charge in [0.05, 0.1) is 11.1 Å². The minimum atomic E-state index is -8.14. The maximum Gasteiger partial charge on any atom is 0.460 e. The van der Waals surface area contributed by atoms with Gasteiger partial charge >= 0.3 is 48.1 Å². The van der Waals surface area contributed by atoms with E-state index < -0.39 is 71.1 Å². The van der Waals surface area contributed by atoms with Crippen LogP contribution in [0, 0.1) is 0 Å². The lowest BCUT2D eigenvalue weighted by atomic mass is 9.85. The first kappa shape index (κ1) is 42.2. The Balaban J connectivity index is 1.70. The quantitative estimate of drug-likeness (QED) is 0.106. The first-order chi connectivity index (χ1) is 25.4. The highest BCUT2D eigenvalue weighted by atomic mass is 19.4. The van der Waals surface area contributed by atoms with E-state index in [4.69, 9.17) is 4.74 Å². The van der Waals surface area contributed by atoms with Crippen molar-refractivity contribution in [2.24, 2.45) is 0 Å². The molecule has 0 saturated heterocycles. The molecule has 0 bridgehead atoms. The van der Waals surface area contributed by atoms with E-state index in [1.54, 1.807) is 0 Å². The van der Waals surface area contributed by atoms with Gasteiger partial charge in [-0.25, -0.2) is 0 Å². The van der Waals surface area contributed by atoms with E-state index in [1.807, 2.05) is 0 Å². The molecule has 0 aromatic heterocycles. The van der Waals surface area contributed by atoms with E-state index in [-0.39, 0.29) is 50.7 Å². The molecule has 0 aliphatic rings. The van der Waals surface area contributed by atoms with Crippen molar-refractivity contribution in [2.45, 2.75) is 61.2 Å². The van der Waals surface area contributed by atoms with Crippen molar-refractivity contribution in [2.75, 3.05) is 0 Å². The molecule has 5 rings (SSSR count). The zero-order valence-electron chi connectivity index (χ0n) is 27.3. The van der Waals surface area contributed by atoms with E-state index in [2.05, 4.69) is 0 Å². The SMILES string of the molecule is CC(Oc1ccc2c(-c3ccc(C(F)(F)F)cc3)c3ccccc3c(-c3ccc(C(F)(F)F)cc3)c2c1)C(F)(F)C(F)(F)C(F)(F)C(F)(F)C(F)(F)C(F)(F)F. The molecule has 1 nitrogen and oxygen atoms in total. The maximum atomic E-state index is 15.0. The van der Waals surface area contributed by atoms with Gasteiger partial charge < -0.3 is 4.74 Å². The van der Waals surface area contributed by atoms with Crippen LogP contribution < -0.4 is 4.74 Å². The highest BCUT2D eigenvalue weighted by molar-refractivity contribution is 6.21. The Hall–Kier alpha value is -4.91. The number of fused-ring (bicyclic) bond motifs is 2. The van der Waals surface area contributed by atoms with Crippen LogP contribution in [0.4, 0.5) is 83.4 Å². The normalized spacial score (nSPS) is 14.7. The molecule has 5 aromatic carbocycles. The van der Waals surface area contributed by atoms with Crippen LogP contribution in [0.2, 0.25) is 0 Å². The molecule has 56 heavy (non-hydrogen) atoms. The summed E-state index contributed by atoms with van der Waals surface area (Å²) in [5, 5.41) is 0.182. The van der Waals surface area contributed by atoms with Crippen molar-refractivity contribution in [3.63, 3.8) is 0 Å². The minimum Gasteiger partial charge on any atom is -0.484 e. The zero-order chi connectivity index (χ0) is 42.2. The number of hydrogen-bond donors (Lipinski definition) is 0. The monoisotopic (exact) mass is 828 g/mol. The minimum absolute atomic E-state index is 0.00370. The van der Waals surface area contributed by atoms with E-state index in [9.17, 15) is 74.6 Å². The Morgan fingerprint density at radius 1 is 0.411 bits per heavy atom. The third-order valence-corrected chi connectivity index (χ3v) is 8.78. The van der Waals surface area contributed by atoms with Crippen LogP contribution in [0.25, 0.3) is 43.8 Å². The van der Waals surface area contributed by atoms with Gasteiger partial charge in [0, 0.05) is 0 Å². The second-order valence-electron chi connectivity index (χ2n) is 12.3. The summed E-state index contributed by atoms with van der Waals surface area (Å²) >= 11 is 0. The van der Waals surface area contributed by atoms with Crippen LogP contribution in [0.15, 0.2) is 91.0 Å². The summed E-state index contributed by atoms with van der Waals surface area (Å²) in [6, 6.07) is 14.9. The number of rotatable bonds is 9. The highest BCUT2D eigenvalue weighted by Gasteiger charge is 2.91. The third kappa shape index (κ3) is 6.71. The smallest absolute Gasteiger partial charge is 0.460 e. The van der Waals surface area contributed by atoms with Gasteiger partial charge in [-0.1, -0.05) is 54.6 Å². The van der Waals surface area contributed by atoms with Gasteiger partial charge in [-0.05, 0) is 87.1 Å². The summed E-state index contributed by atoms with van der Waals surface area (Å²) in [5.41, 5.74) is -2.09. The fraction of sp³-hybridized carbons (Fsp3) is 0.278. The molecular formula is C36H19F19O. The Morgan fingerprint density at radius 2 is 0.786 bits per heavy atom. The summed E-state index contributed by atoms with van der Waals surface area (Å²) < 4.78 is 265. The Labute approximate surface area is 301 Å². The maximum absolute atomic E-state index is 15.0. The van der Waals surface area contributed by atoms with Crippen molar-refractivity contribution in [1.82, 2.24) is 0 Å². The van der Waals surface area contributed by atoms with Crippen LogP contribution in [-0.2, 0) is 12.4 Å². The largest absolute Gasteiger partial charge is 0.484 e. The van der Waals surface area contributed by atoms with Crippen molar-refractivity contribution in [1.29, 1.82) is 0 Å². The average Bonchev–Trinajstić information content (AvgIpc) is 3.09. The number of halogens is 19. The summed E-state index contributed by atoms with van der Waals surface area (Å²) in [7, 11) is 0. The predicted molar refractivity (Wildman–Crippen MR) is 163 cm³/mol. The van der Waals surface area contributed by atoms with Crippen LogP contribution in [0.1, 0.15) is 18.1 Å². The number of alkyl halides is 19. The molecule has 5 aromatic rings. The zero-order valence-corrected chi connectivity index (χ0v) is 27.3. The summed E-state index contributed by atoms with van der Waals surface area (Å²) in [6.07, 6.45) is -20.9. The van der Waals surface area contributed by atoms with Gasteiger partial charge in [-0.15, -0.1) is 0 Å². The second-order valence-corrected chi connectivity index (χ2v) is 12.3. The third-order valence-electron chi connectivity index (χ3n) is 8.78. The van der Waals surface area contributed by atoms with Crippen LogP contribution >= 0.6 is 0 Å². The van der Waals surface area contributed by atoms with Crippen LogP contribution in [0.5, 0.6) is 5.75 Å². The molecule has 0 spiro atoms. The number of hydrogen-bond acceptors (Lipinski definition) is 1. The van der Waals surface area contributed by atoms with E-state index in [0.29, 0.717) is 30.3 Å². The first-order valence-electron chi connectivity index (χ1n) is 15.4. The first-order valence-corrected chi connectivity index (χ1v) is 15.4. The summed E-state index contributed by atoms with van der Waals surface area (Å²) in [4.78, 5) is 0. The Kier molecular flexibility index (Phi) is 10.1. The molecule has 0 aliphatic heterocycles. The topological polar surface area (TPSA) is 9.23 Å². The molecule has 0 saturated carbocycles. The average molecular weight is 829 g/mol. The standard InChI is InChI=1S/C36H19F19O/c1-17(29(37,38)32(45,46)33(47,48)34(49,50)35(51,52)36(53,54)55)56-22-14-15-25-26(16-22)28(19-8-12-21(13-9-19)31(42,43)44)24-5-3-2-4-23(24)27(25)18-6-10-20(11-7-18)30(39,40)41/h2-17H,1H3. The van der Waals surface area contributed by atoms with Gasteiger partial charge in [0.15, 0.2) is 6.10 Å². The highest BCUT2D eigenvalue weighted by Crippen LogP contribution is 2.61. The van der Waals surface area contributed by atoms with E-state index >= 15 is 8.78 Å². The summed E-state index contributed by atoms with van der Waals surface area (Å²) in [5.74, 6) is -39.4. The molecule has 0 amide bonds. The lowest BCUT2D eigenvalue weighted by molar-refractivity contribution is -0.443. The lowest BCUT2D eigenvalue weighted by Crippen LogP contribution is -2.71. The Bertz CT molecular complexity index is 2230. The molecule has 0 aliphatic carbocycles. The van der Waals surface area contributed by atoms with Gasteiger partial charge in [-0.2, -0.15) is 83.4 Å². The van der Waals surface area contributed by atoms with Gasteiger partial charge in [0.2, 0.25) is 0 Å². The molecule has 1 atom stereocenters. The fourth-order valence-corrected chi connectivity index (χ4v) is 5.82. The van der Waals surface area contributed by atoms with Crippen molar-refractivity contribution >= 4 is 21.5 Å². The fourth-order valence-electron chi connectivity index (χ4n) is 5.82. The van der Waals surface area contributed by atoms with Crippen molar-refractivity contribution < 1.29 is 88.2 Å². The molecule has 20 heteroatoms. The lowest BCUT2D eigenvalue weighted by Gasteiger charge is -2.41. The predicted octanol–water partition coefficient (Wildman–Crippen LogP) is 13.9. The van der Waals surface area contributed by atoms with Crippen molar-refractivity contribution in [3.05, 3.63) is 102 Å². The summed E-state index contributed by atoms with van der Waals surface area (Å²) in [6.45, 7) is -0.126. The molecule has 0 N–H and O–H groups in total. The molecular weight excluding hydrogens is 809 g/mol. The van der Waals surface area contributed by atoms with Gasteiger partial charge in [0.25, 0.3) is 0 Å². The van der Waals surface area contributed by atoms with E-state index in [0.717, 1.165) is 36.4 Å². The Morgan fingerprint density at radius 3 is 1.18 bits per heavy atom. The second kappa shape index (κ2) is 13.3. The van der Waals surface area contributed by atoms with Crippen molar-refractivity contribution in [3.8, 4) is 28.0 Å². The van der Waals surface area contributed by atoms with Gasteiger partial charge in [0.1, 0.15) is 5.75 Å². The molecule has 0 radical (unpaired) electrons.